The highest BCUT2D eigenvalue weighted by atomic mass is 16.1. The maximum atomic E-state index is 11.3. The second kappa shape index (κ2) is 4.32. The lowest BCUT2D eigenvalue weighted by Crippen LogP contribution is -2.16. The highest BCUT2D eigenvalue weighted by molar-refractivity contribution is 5.96. The van der Waals surface area contributed by atoms with Crippen molar-refractivity contribution >= 4 is 5.91 Å². The van der Waals surface area contributed by atoms with Crippen molar-refractivity contribution < 1.29 is 4.79 Å². The first-order chi connectivity index (χ1) is 8.11. The predicted octanol–water partition coefficient (Wildman–Crippen LogP) is 0.885. The smallest absolute Gasteiger partial charge is 0.250 e. The Morgan fingerprint density at radius 2 is 2.06 bits per heavy atom. The number of para-hydroxylation sites is 1. The number of hydrogen-bond acceptors (Lipinski definition) is 4. The molecule has 0 aliphatic carbocycles. The van der Waals surface area contributed by atoms with Crippen molar-refractivity contribution in [3.8, 4) is 5.69 Å². The monoisotopic (exact) mass is 231 g/mol. The van der Waals surface area contributed by atoms with Gasteiger partial charge in [0.2, 0.25) is 0 Å². The number of hydrogen-bond donors (Lipinski definition) is 1. The Balaban J connectivity index is 2.60. The van der Waals surface area contributed by atoms with Gasteiger partial charge >= 0.3 is 0 Å². The van der Waals surface area contributed by atoms with Crippen LogP contribution < -0.4 is 5.73 Å². The van der Waals surface area contributed by atoms with Crippen molar-refractivity contribution in [1.29, 1.82) is 0 Å². The Labute approximate surface area is 98.4 Å². The van der Waals surface area contributed by atoms with Crippen LogP contribution >= 0.6 is 0 Å². The maximum absolute atomic E-state index is 11.3. The summed E-state index contributed by atoms with van der Waals surface area (Å²) in [5.74, 6) is 0.357. The van der Waals surface area contributed by atoms with Crippen molar-refractivity contribution in [3.63, 3.8) is 0 Å². The van der Waals surface area contributed by atoms with Gasteiger partial charge in [-0.3, -0.25) is 4.79 Å². The zero-order chi connectivity index (χ0) is 12.4. The van der Waals surface area contributed by atoms with Gasteiger partial charge in [-0.2, -0.15) is 4.68 Å². The molecule has 17 heavy (non-hydrogen) atoms. The maximum Gasteiger partial charge on any atom is 0.250 e. The van der Waals surface area contributed by atoms with Gasteiger partial charge in [-0.15, -0.1) is 5.10 Å². The van der Waals surface area contributed by atoms with E-state index in [1.165, 1.54) is 0 Å². The van der Waals surface area contributed by atoms with Crippen molar-refractivity contribution in [1.82, 2.24) is 20.2 Å². The highest BCUT2D eigenvalue weighted by Crippen LogP contribution is 2.18. The van der Waals surface area contributed by atoms with Gasteiger partial charge in [0, 0.05) is 5.92 Å². The van der Waals surface area contributed by atoms with E-state index < -0.39 is 5.91 Å². The zero-order valence-electron chi connectivity index (χ0n) is 9.66. The zero-order valence-corrected chi connectivity index (χ0v) is 9.66. The van der Waals surface area contributed by atoms with Crippen LogP contribution in [0.3, 0.4) is 0 Å². The van der Waals surface area contributed by atoms with Crippen LogP contribution in [0.25, 0.3) is 5.69 Å². The van der Waals surface area contributed by atoms with E-state index in [-0.39, 0.29) is 5.92 Å². The van der Waals surface area contributed by atoms with Gasteiger partial charge in [0.15, 0.2) is 5.82 Å². The molecule has 0 fully saturated rings. The minimum atomic E-state index is -0.495. The average molecular weight is 231 g/mol. The van der Waals surface area contributed by atoms with Gasteiger partial charge in [0.25, 0.3) is 5.91 Å². The number of tetrazole rings is 1. The first-order valence-electron chi connectivity index (χ1n) is 5.28. The lowest BCUT2D eigenvalue weighted by atomic mass is 10.1. The molecule has 0 bridgehead atoms. The molecular formula is C11H13N5O. The van der Waals surface area contributed by atoms with E-state index in [0.717, 1.165) is 0 Å². The number of primary amides is 1. The number of amides is 1. The molecule has 0 radical (unpaired) electrons. The molecule has 2 aromatic rings. The molecule has 6 nitrogen and oxygen atoms in total. The minimum Gasteiger partial charge on any atom is -0.366 e. The number of carbonyl (C=O) groups is 1. The lowest BCUT2D eigenvalue weighted by Gasteiger charge is -2.09. The number of aromatic nitrogens is 4. The summed E-state index contributed by atoms with van der Waals surface area (Å²) in [5, 5.41) is 11.5. The summed E-state index contributed by atoms with van der Waals surface area (Å²) >= 11 is 0. The summed E-state index contributed by atoms with van der Waals surface area (Å²) in [6.45, 7) is 3.96. The van der Waals surface area contributed by atoms with Crippen LogP contribution in [0.1, 0.15) is 35.9 Å². The number of benzene rings is 1. The molecule has 0 aliphatic rings. The van der Waals surface area contributed by atoms with Crippen molar-refractivity contribution in [2.24, 2.45) is 5.73 Å². The van der Waals surface area contributed by atoms with Gasteiger partial charge in [0.1, 0.15) is 0 Å². The van der Waals surface area contributed by atoms with Crippen LogP contribution in [-0.2, 0) is 0 Å². The molecule has 0 spiro atoms. The van der Waals surface area contributed by atoms with E-state index in [1.807, 2.05) is 19.9 Å². The van der Waals surface area contributed by atoms with Gasteiger partial charge in [-0.1, -0.05) is 26.0 Å². The molecule has 88 valence electrons. The third-order valence-electron chi connectivity index (χ3n) is 2.41. The predicted molar refractivity (Wildman–Crippen MR) is 61.8 cm³/mol. The first-order valence-corrected chi connectivity index (χ1v) is 5.28. The molecule has 1 heterocycles. The molecule has 1 aromatic heterocycles. The number of nitrogens with zero attached hydrogens (tertiary/aromatic N) is 4. The fraction of sp³-hybridized carbons (Fsp3) is 0.273. The molecule has 2 rings (SSSR count). The first kappa shape index (κ1) is 11.3. The van der Waals surface area contributed by atoms with Crippen LogP contribution in [0.5, 0.6) is 0 Å². The van der Waals surface area contributed by atoms with Crippen LogP contribution in [0.4, 0.5) is 0 Å². The second-order valence-corrected chi connectivity index (χ2v) is 3.98. The summed E-state index contributed by atoms with van der Waals surface area (Å²) in [5.41, 5.74) is 6.34. The van der Waals surface area contributed by atoms with Crippen LogP contribution in [0, 0.1) is 0 Å². The van der Waals surface area contributed by atoms with E-state index in [1.54, 1.807) is 22.9 Å². The normalized spacial score (nSPS) is 10.8. The Kier molecular flexibility index (Phi) is 2.86. The quantitative estimate of drug-likeness (QED) is 0.849. The SMILES string of the molecule is CC(C)c1nnnn1-c1ccccc1C(N)=O. The Hall–Kier alpha value is -2.24. The van der Waals surface area contributed by atoms with Crippen LogP contribution in [-0.4, -0.2) is 26.1 Å². The highest BCUT2D eigenvalue weighted by Gasteiger charge is 2.16. The van der Waals surface area contributed by atoms with Crippen molar-refractivity contribution in [3.05, 3.63) is 35.7 Å². The molecular weight excluding hydrogens is 218 g/mol. The van der Waals surface area contributed by atoms with E-state index in [0.29, 0.717) is 17.1 Å². The summed E-state index contributed by atoms with van der Waals surface area (Å²) in [6, 6.07) is 6.99. The van der Waals surface area contributed by atoms with Crippen molar-refractivity contribution in [2.75, 3.05) is 0 Å². The molecule has 1 amide bonds. The largest absolute Gasteiger partial charge is 0.366 e. The van der Waals surface area contributed by atoms with Crippen LogP contribution in [0.15, 0.2) is 24.3 Å². The minimum absolute atomic E-state index is 0.158. The average Bonchev–Trinajstić information content (AvgIpc) is 2.77. The molecule has 0 atom stereocenters. The fourth-order valence-electron chi connectivity index (χ4n) is 1.59. The molecule has 2 N–H and O–H groups in total. The van der Waals surface area contributed by atoms with E-state index in [2.05, 4.69) is 15.5 Å². The number of carbonyl (C=O) groups excluding carboxylic acids is 1. The third-order valence-corrected chi connectivity index (χ3v) is 2.41. The molecule has 0 saturated heterocycles. The standard InChI is InChI=1S/C11H13N5O/c1-7(2)11-13-14-15-16(11)9-6-4-3-5-8(9)10(12)17/h3-7H,1-2H3,(H2,12,17). The molecule has 6 heteroatoms. The lowest BCUT2D eigenvalue weighted by molar-refractivity contribution is 0.1000. The molecule has 1 aromatic carbocycles. The molecule has 0 unspecified atom stereocenters. The topological polar surface area (TPSA) is 86.7 Å². The van der Waals surface area contributed by atoms with Crippen molar-refractivity contribution in [2.45, 2.75) is 19.8 Å². The van der Waals surface area contributed by atoms with Crippen LogP contribution in [0.2, 0.25) is 0 Å². The van der Waals surface area contributed by atoms with Gasteiger partial charge in [-0.05, 0) is 22.6 Å². The van der Waals surface area contributed by atoms with Gasteiger partial charge < -0.3 is 5.73 Å². The van der Waals surface area contributed by atoms with Gasteiger partial charge in [0.05, 0.1) is 11.3 Å². The van der Waals surface area contributed by atoms with E-state index in [4.69, 9.17) is 5.73 Å². The summed E-state index contributed by atoms with van der Waals surface area (Å²) in [6.07, 6.45) is 0. The Morgan fingerprint density at radius 3 is 2.71 bits per heavy atom. The Bertz CT molecular complexity index is 546. The summed E-state index contributed by atoms with van der Waals surface area (Å²) in [7, 11) is 0. The number of rotatable bonds is 3. The second-order valence-electron chi connectivity index (χ2n) is 3.98. The fourth-order valence-corrected chi connectivity index (χ4v) is 1.59. The third kappa shape index (κ3) is 2.01. The Morgan fingerprint density at radius 1 is 1.35 bits per heavy atom. The van der Waals surface area contributed by atoms with E-state index >= 15 is 0 Å². The van der Waals surface area contributed by atoms with Gasteiger partial charge in [-0.25, -0.2) is 0 Å². The number of nitrogens with two attached hydrogens (primary N) is 1. The van der Waals surface area contributed by atoms with E-state index in [9.17, 15) is 4.79 Å². The molecule has 0 aliphatic heterocycles. The molecule has 0 saturated carbocycles. The summed E-state index contributed by atoms with van der Waals surface area (Å²) < 4.78 is 1.55. The summed E-state index contributed by atoms with van der Waals surface area (Å²) in [4.78, 5) is 11.3.